The Morgan fingerprint density at radius 2 is 2.05 bits per heavy atom. The van der Waals surface area contributed by atoms with E-state index in [4.69, 9.17) is 11.2 Å². The van der Waals surface area contributed by atoms with Crippen LogP contribution in [-0.2, 0) is 13.1 Å². The number of hydrogen-bond donors (Lipinski definition) is 1. The molecule has 0 aliphatic heterocycles. The van der Waals surface area contributed by atoms with Crippen molar-refractivity contribution in [3.8, 4) is 18.1 Å². The standard InChI is InChI=1S/C18H20N2O2/c1-2-12-22-18-8-4-3-7-17(18)15-20(10-11-21)14-16-6-5-9-19-13-16/h1,3-9,13,21H,10-12,14-15H2. The molecule has 22 heavy (non-hydrogen) atoms. The summed E-state index contributed by atoms with van der Waals surface area (Å²) in [4.78, 5) is 6.27. The number of hydrogen-bond acceptors (Lipinski definition) is 4. The number of aliphatic hydroxyl groups excluding tert-OH is 1. The van der Waals surface area contributed by atoms with Crippen LogP contribution >= 0.6 is 0 Å². The Morgan fingerprint density at radius 3 is 2.77 bits per heavy atom. The molecule has 114 valence electrons. The fraction of sp³-hybridized carbons (Fsp3) is 0.278. The van der Waals surface area contributed by atoms with Crippen molar-refractivity contribution in [3.05, 3.63) is 59.9 Å². The van der Waals surface area contributed by atoms with Gasteiger partial charge in [-0.15, -0.1) is 6.42 Å². The van der Waals surface area contributed by atoms with Crippen LogP contribution in [0.5, 0.6) is 5.75 Å². The lowest BCUT2D eigenvalue weighted by molar-refractivity contribution is 0.182. The highest BCUT2D eigenvalue weighted by atomic mass is 16.5. The minimum absolute atomic E-state index is 0.105. The second-order valence-corrected chi connectivity index (χ2v) is 4.90. The predicted octanol–water partition coefficient (Wildman–Crippen LogP) is 2.09. The van der Waals surface area contributed by atoms with Crippen LogP contribution in [0.3, 0.4) is 0 Å². The van der Waals surface area contributed by atoms with Crippen molar-refractivity contribution in [1.29, 1.82) is 0 Å². The molecule has 0 amide bonds. The quantitative estimate of drug-likeness (QED) is 0.758. The summed E-state index contributed by atoms with van der Waals surface area (Å²) in [6.07, 6.45) is 8.84. The molecular formula is C18H20N2O2. The second-order valence-electron chi connectivity index (χ2n) is 4.90. The lowest BCUT2D eigenvalue weighted by Gasteiger charge is -2.22. The molecule has 4 heteroatoms. The van der Waals surface area contributed by atoms with E-state index in [0.717, 1.165) is 23.4 Å². The highest BCUT2D eigenvalue weighted by molar-refractivity contribution is 5.33. The van der Waals surface area contributed by atoms with Gasteiger partial charge in [0, 0.05) is 37.6 Å². The van der Waals surface area contributed by atoms with Crippen LogP contribution < -0.4 is 4.74 Å². The third kappa shape index (κ3) is 4.88. The normalized spacial score (nSPS) is 10.4. The van der Waals surface area contributed by atoms with E-state index < -0.39 is 0 Å². The number of ether oxygens (including phenoxy) is 1. The molecular weight excluding hydrogens is 276 g/mol. The van der Waals surface area contributed by atoms with Crippen LogP contribution in [-0.4, -0.2) is 34.7 Å². The molecule has 0 aliphatic rings. The summed E-state index contributed by atoms with van der Waals surface area (Å²) in [5.74, 6) is 3.26. The molecule has 1 aromatic heterocycles. The number of pyridine rings is 1. The van der Waals surface area contributed by atoms with Gasteiger partial charge in [-0.3, -0.25) is 9.88 Å². The monoisotopic (exact) mass is 296 g/mol. The maximum Gasteiger partial charge on any atom is 0.148 e. The first-order valence-corrected chi connectivity index (χ1v) is 7.19. The van der Waals surface area contributed by atoms with Crippen molar-refractivity contribution in [2.45, 2.75) is 13.1 Å². The largest absolute Gasteiger partial charge is 0.481 e. The highest BCUT2D eigenvalue weighted by Crippen LogP contribution is 2.20. The molecule has 2 rings (SSSR count). The van der Waals surface area contributed by atoms with Gasteiger partial charge in [0.05, 0.1) is 6.61 Å². The first-order valence-electron chi connectivity index (χ1n) is 7.19. The Hall–Kier alpha value is -2.35. The van der Waals surface area contributed by atoms with Crippen molar-refractivity contribution in [2.75, 3.05) is 19.8 Å². The average molecular weight is 296 g/mol. The zero-order valence-corrected chi connectivity index (χ0v) is 12.5. The number of benzene rings is 1. The lowest BCUT2D eigenvalue weighted by atomic mass is 10.1. The van der Waals surface area contributed by atoms with Gasteiger partial charge in [0.1, 0.15) is 12.4 Å². The Morgan fingerprint density at radius 1 is 1.18 bits per heavy atom. The Kier molecular flexibility index (Phi) is 6.43. The van der Waals surface area contributed by atoms with Crippen molar-refractivity contribution in [1.82, 2.24) is 9.88 Å². The van der Waals surface area contributed by atoms with Gasteiger partial charge in [-0.1, -0.05) is 30.2 Å². The average Bonchev–Trinajstić information content (AvgIpc) is 2.55. The van der Waals surface area contributed by atoms with Gasteiger partial charge in [-0.05, 0) is 17.7 Å². The molecule has 0 saturated heterocycles. The van der Waals surface area contributed by atoms with E-state index in [2.05, 4.69) is 15.8 Å². The molecule has 0 bridgehead atoms. The summed E-state index contributed by atoms with van der Waals surface area (Å²) in [6, 6.07) is 11.8. The summed E-state index contributed by atoms with van der Waals surface area (Å²) in [5, 5.41) is 9.29. The molecule has 0 unspecified atom stereocenters. The number of terminal acetylenes is 1. The predicted molar refractivity (Wildman–Crippen MR) is 86.2 cm³/mol. The molecule has 0 atom stereocenters. The summed E-state index contributed by atoms with van der Waals surface area (Å²) in [7, 11) is 0. The third-order valence-corrected chi connectivity index (χ3v) is 3.22. The number of nitrogens with zero attached hydrogens (tertiary/aromatic N) is 2. The minimum atomic E-state index is 0.105. The number of aromatic nitrogens is 1. The van der Waals surface area contributed by atoms with Crippen molar-refractivity contribution < 1.29 is 9.84 Å². The zero-order chi connectivity index (χ0) is 15.6. The molecule has 0 fully saturated rings. The van der Waals surface area contributed by atoms with Crippen LogP contribution in [0.25, 0.3) is 0 Å². The minimum Gasteiger partial charge on any atom is -0.481 e. The molecule has 1 heterocycles. The van der Waals surface area contributed by atoms with E-state index in [1.54, 1.807) is 6.20 Å². The fourth-order valence-corrected chi connectivity index (χ4v) is 2.24. The highest BCUT2D eigenvalue weighted by Gasteiger charge is 2.10. The molecule has 0 spiro atoms. The van der Waals surface area contributed by atoms with Crippen molar-refractivity contribution in [2.24, 2.45) is 0 Å². The van der Waals surface area contributed by atoms with Gasteiger partial charge >= 0.3 is 0 Å². The summed E-state index contributed by atoms with van der Waals surface area (Å²) < 4.78 is 5.58. The van der Waals surface area contributed by atoms with Gasteiger partial charge in [0.15, 0.2) is 0 Å². The Labute approximate surface area is 131 Å². The smallest absolute Gasteiger partial charge is 0.148 e. The van der Waals surface area contributed by atoms with Crippen LogP contribution in [0.1, 0.15) is 11.1 Å². The molecule has 1 aromatic carbocycles. The van der Waals surface area contributed by atoms with E-state index in [9.17, 15) is 5.11 Å². The lowest BCUT2D eigenvalue weighted by Crippen LogP contribution is -2.26. The molecule has 0 radical (unpaired) electrons. The molecule has 2 aromatic rings. The first-order chi connectivity index (χ1) is 10.8. The third-order valence-electron chi connectivity index (χ3n) is 3.22. The molecule has 0 aliphatic carbocycles. The van der Waals surface area contributed by atoms with E-state index in [1.165, 1.54) is 0 Å². The Bertz CT molecular complexity index is 608. The maximum atomic E-state index is 9.29. The fourth-order valence-electron chi connectivity index (χ4n) is 2.24. The molecule has 4 nitrogen and oxygen atoms in total. The number of para-hydroxylation sites is 1. The van der Waals surface area contributed by atoms with E-state index in [1.807, 2.05) is 42.6 Å². The van der Waals surface area contributed by atoms with Crippen LogP contribution in [0.2, 0.25) is 0 Å². The van der Waals surface area contributed by atoms with Gasteiger partial charge in [0.2, 0.25) is 0 Å². The van der Waals surface area contributed by atoms with E-state index in [0.29, 0.717) is 13.1 Å². The molecule has 1 N–H and O–H groups in total. The van der Waals surface area contributed by atoms with Crippen molar-refractivity contribution >= 4 is 0 Å². The van der Waals surface area contributed by atoms with Crippen molar-refractivity contribution in [3.63, 3.8) is 0 Å². The van der Waals surface area contributed by atoms with Gasteiger partial charge in [-0.25, -0.2) is 0 Å². The topological polar surface area (TPSA) is 45.6 Å². The van der Waals surface area contributed by atoms with E-state index in [-0.39, 0.29) is 13.2 Å². The van der Waals surface area contributed by atoms with Gasteiger partial charge in [-0.2, -0.15) is 0 Å². The number of aliphatic hydroxyl groups is 1. The van der Waals surface area contributed by atoms with Crippen LogP contribution in [0.4, 0.5) is 0 Å². The summed E-state index contributed by atoms with van der Waals surface area (Å²) >= 11 is 0. The SMILES string of the molecule is C#CCOc1ccccc1CN(CCO)Cc1cccnc1. The number of rotatable bonds is 8. The van der Waals surface area contributed by atoms with Gasteiger partial charge in [0.25, 0.3) is 0 Å². The zero-order valence-electron chi connectivity index (χ0n) is 12.5. The first kappa shape index (κ1) is 16.0. The second kappa shape index (κ2) is 8.83. The van der Waals surface area contributed by atoms with Crippen LogP contribution in [0, 0.1) is 12.3 Å². The van der Waals surface area contributed by atoms with Crippen LogP contribution in [0.15, 0.2) is 48.8 Å². The van der Waals surface area contributed by atoms with Gasteiger partial charge < -0.3 is 9.84 Å². The molecule has 0 saturated carbocycles. The van der Waals surface area contributed by atoms with E-state index >= 15 is 0 Å². The summed E-state index contributed by atoms with van der Waals surface area (Å²) in [6.45, 7) is 2.33. The Balaban J connectivity index is 2.09. The maximum absolute atomic E-state index is 9.29. The summed E-state index contributed by atoms with van der Waals surface area (Å²) in [5.41, 5.74) is 2.16.